The highest BCUT2D eigenvalue weighted by atomic mass is 16.5. The number of nitrogens with one attached hydrogen (secondary N) is 2. The molecule has 4 aromatic heterocycles. The van der Waals surface area contributed by atoms with Gasteiger partial charge in [-0.2, -0.15) is 0 Å². The molecule has 0 aliphatic rings. The first-order valence-electron chi connectivity index (χ1n) is 10.3. The summed E-state index contributed by atoms with van der Waals surface area (Å²) in [6.07, 6.45) is 8.68. The zero-order chi connectivity index (χ0) is 22.6. The fourth-order valence-electron chi connectivity index (χ4n) is 3.50. The van der Waals surface area contributed by atoms with Crippen LogP contribution in [0.1, 0.15) is 16.2 Å². The van der Waals surface area contributed by atoms with Crippen molar-refractivity contribution < 1.29 is 9.53 Å². The summed E-state index contributed by atoms with van der Waals surface area (Å²) in [6, 6.07) is 16.9. The standard InChI is InChI=1S/C24H21N7O2/c1-33-19-8-4-6-17(12-19)28-23(32)21-15-30(16-27-21)24-29-20(22-9-2-3-11-31(22)24)14-26-18-7-5-10-25-13-18/h2-13,15-16,26H,14H2,1H3,(H,28,32). The van der Waals surface area contributed by atoms with Crippen molar-refractivity contribution in [3.8, 4) is 11.7 Å². The third-order valence-corrected chi connectivity index (χ3v) is 5.10. The van der Waals surface area contributed by atoms with E-state index in [1.807, 2.05) is 53.1 Å². The zero-order valence-electron chi connectivity index (χ0n) is 17.8. The van der Waals surface area contributed by atoms with Gasteiger partial charge in [0.15, 0.2) is 0 Å². The molecule has 0 radical (unpaired) electrons. The van der Waals surface area contributed by atoms with Crippen LogP contribution in [0, 0.1) is 0 Å². The summed E-state index contributed by atoms with van der Waals surface area (Å²) in [4.78, 5) is 25.9. The van der Waals surface area contributed by atoms with E-state index in [0.29, 0.717) is 23.9 Å². The van der Waals surface area contributed by atoms with Crippen molar-refractivity contribution in [2.24, 2.45) is 0 Å². The zero-order valence-corrected chi connectivity index (χ0v) is 17.8. The van der Waals surface area contributed by atoms with Gasteiger partial charge in [-0.3, -0.25) is 18.7 Å². The van der Waals surface area contributed by atoms with Crippen molar-refractivity contribution in [2.75, 3.05) is 17.7 Å². The van der Waals surface area contributed by atoms with E-state index in [4.69, 9.17) is 9.72 Å². The Labute approximate surface area is 189 Å². The van der Waals surface area contributed by atoms with E-state index in [-0.39, 0.29) is 11.6 Å². The molecule has 4 heterocycles. The van der Waals surface area contributed by atoms with E-state index >= 15 is 0 Å². The molecule has 2 N–H and O–H groups in total. The van der Waals surface area contributed by atoms with Crippen LogP contribution in [0.15, 0.2) is 85.7 Å². The predicted molar refractivity (Wildman–Crippen MR) is 125 cm³/mol. The average molecular weight is 439 g/mol. The first kappa shape index (κ1) is 20.3. The Morgan fingerprint density at radius 1 is 1.09 bits per heavy atom. The lowest BCUT2D eigenvalue weighted by Crippen LogP contribution is -2.12. The molecule has 0 atom stereocenters. The molecule has 0 aliphatic carbocycles. The lowest BCUT2D eigenvalue weighted by Gasteiger charge is -2.05. The Morgan fingerprint density at radius 3 is 2.85 bits per heavy atom. The van der Waals surface area contributed by atoms with E-state index in [1.165, 1.54) is 0 Å². The number of rotatable bonds is 7. The lowest BCUT2D eigenvalue weighted by atomic mass is 10.3. The van der Waals surface area contributed by atoms with Gasteiger partial charge in [0.2, 0.25) is 5.95 Å². The normalized spacial score (nSPS) is 10.8. The molecule has 0 saturated heterocycles. The lowest BCUT2D eigenvalue weighted by molar-refractivity contribution is 0.102. The third kappa shape index (κ3) is 4.24. The number of pyridine rings is 2. The van der Waals surface area contributed by atoms with Gasteiger partial charge >= 0.3 is 0 Å². The van der Waals surface area contributed by atoms with Crippen molar-refractivity contribution >= 4 is 22.8 Å². The van der Waals surface area contributed by atoms with Crippen molar-refractivity contribution in [2.45, 2.75) is 6.54 Å². The number of ether oxygens (including phenoxy) is 1. The fraction of sp³-hybridized carbons (Fsp3) is 0.0833. The third-order valence-electron chi connectivity index (χ3n) is 5.10. The summed E-state index contributed by atoms with van der Waals surface area (Å²) >= 11 is 0. The molecule has 0 saturated carbocycles. The average Bonchev–Trinajstić information content (AvgIpc) is 3.49. The Hall–Kier alpha value is -4.66. The quantitative estimate of drug-likeness (QED) is 0.400. The second-order valence-corrected chi connectivity index (χ2v) is 7.26. The number of anilines is 2. The number of hydrogen-bond acceptors (Lipinski definition) is 6. The summed E-state index contributed by atoms with van der Waals surface area (Å²) in [5.41, 5.74) is 3.64. The minimum atomic E-state index is -0.318. The first-order valence-corrected chi connectivity index (χ1v) is 10.3. The molecule has 0 spiro atoms. The number of aromatic nitrogens is 5. The van der Waals surface area contributed by atoms with Crippen LogP contribution in [0.4, 0.5) is 11.4 Å². The summed E-state index contributed by atoms with van der Waals surface area (Å²) in [5.74, 6) is 0.984. The summed E-state index contributed by atoms with van der Waals surface area (Å²) in [6.45, 7) is 0.525. The number of fused-ring (bicyclic) bond motifs is 1. The van der Waals surface area contributed by atoms with Crippen LogP contribution in [0.5, 0.6) is 5.75 Å². The molecule has 9 nitrogen and oxygen atoms in total. The predicted octanol–water partition coefficient (Wildman–Crippen LogP) is 3.79. The number of amides is 1. The molecule has 0 aliphatic heterocycles. The Balaban J connectivity index is 1.40. The summed E-state index contributed by atoms with van der Waals surface area (Å²) in [7, 11) is 1.58. The molecule has 164 valence electrons. The molecule has 0 unspecified atom stereocenters. The largest absolute Gasteiger partial charge is 0.497 e. The van der Waals surface area contributed by atoms with Gasteiger partial charge in [-0.05, 0) is 36.4 Å². The molecular formula is C24H21N7O2. The number of nitrogens with zero attached hydrogens (tertiary/aromatic N) is 5. The molecular weight excluding hydrogens is 418 g/mol. The second kappa shape index (κ2) is 8.83. The Kier molecular flexibility index (Phi) is 5.42. The van der Waals surface area contributed by atoms with Crippen LogP contribution in [-0.4, -0.2) is 36.9 Å². The molecule has 0 fully saturated rings. The monoisotopic (exact) mass is 439 g/mol. The number of carbonyl (C=O) groups excluding carboxylic acids is 1. The molecule has 1 aromatic carbocycles. The topological polar surface area (TPSA) is 98.4 Å². The molecule has 5 rings (SSSR count). The van der Waals surface area contributed by atoms with Crippen LogP contribution in [0.25, 0.3) is 11.5 Å². The highest BCUT2D eigenvalue weighted by Crippen LogP contribution is 2.20. The number of imidazole rings is 2. The van der Waals surface area contributed by atoms with Crippen LogP contribution in [0.3, 0.4) is 0 Å². The smallest absolute Gasteiger partial charge is 0.275 e. The Bertz CT molecular complexity index is 1410. The maximum absolute atomic E-state index is 12.7. The van der Waals surface area contributed by atoms with Crippen molar-refractivity contribution in [3.63, 3.8) is 0 Å². The van der Waals surface area contributed by atoms with Crippen LogP contribution < -0.4 is 15.4 Å². The van der Waals surface area contributed by atoms with Crippen LogP contribution in [-0.2, 0) is 6.54 Å². The molecule has 9 heteroatoms. The van der Waals surface area contributed by atoms with Crippen molar-refractivity contribution in [1.29, 1.82) is 0 Å². The van der Waals surface area contributed by atoms with Crippen LogP contribution >= 0.6 is 0 Å². The highest BCUT2D eigenvalue weighted by molar-refractivity contribution is 6.02. The van der Waals surface area contributed by atoms with Crippen molar-refractivity contribution in [3.05, 3.63) is 97.1 Å². The molecule has 1 amide bonds. The number of hydrogen-bond donors (Lipinski definition) is 2. The molecule has 33 heavy (non-hydrogen) atoms. The molecule has 5 aromatic rings. The molecule has 0 bridgehead atoms. The Morgan fingerprint density at radius 2 is 2.00 bits per heavy atom. The highest BCUT2D eigenvalue weighted by Gasteiger charge is 2.16. The minimum Gasteiger partial charge on any atom is -0.497 e. The van der Waals surface area contributed by atoms with E-state index < -0.39 is 0 Å². The number of carbonyl (C=O) groups is 1. The minimum absolute atomic E-state index is 0.278. The van der Waals surface area contributed by atoms with Gasteiger partial charge in [-0.15, -0.1) is 0 Å². The van der Waals surface area contributed by atoms with Crippen molar-refractivity contribution in [1.82, 2.24) is 23.9 Å². The fourth-order valence-corrected chi connectivity index (χ4v) is 3.50. The van der Waals surface area contributed by atoms with Gasteiger partial charge in [0.25, 0.3) is 5.91 Å². The van der Waals surface area contributed by atoms with Gasteiger partial charge in [0.05, 0.1) is 30.6 Å². The van der Waals surface area contributed by atoms with Crippen LogP contribution in [0.2, 0.25) is 0 Å². The van der Waals surface area contributed by atoms with Gasteiger partial charge < -0.3 is 15.4 Å². The number of methoxy groups -OCH3 is 1. The SMILES string of the molecule is COc1cccc(NC(=O)c2cn(-c3nc(CNc4cccnc4)c4ccccn34)cn2)c1. The van der Waals surface area contributed by atoms with Gasteiger partial charge in [0.1, 0.15) is 17.8 Å². The van der Waals surface area contributed by atoms with E-state index in [9.17, 15) is 4.79 Å². The second-order valence-electron chi connectivity index (χ2n) is 7.26. The number of benzene rings is 1. The first-order chi connectivity index (χ1) is 16.2. The van der Waals surface area contributed by atoms with Gasteiger partial charge in [-0.25, -0.2) is 9.97 Å². The van der Waals surface area contributed by atoms with E-state index in [2.05, 4.69) is 20.6 Å². The van der Waals surface area contributed by atoms with Gasteiger partial charge in [-0.1, -0.05) is 12.1 Å². The maximum atomic E-state index is 12.7. The summed E-state index contributed by atoms with van der Waals surface area (Å²) in [5, 5.41) is 6.18. The maximum Gasteiger partial charge on any atom is 0.275 e. The van der Waals surface area contributed by atoms with E-state index in [0.717, 1.165) is 16.9 Å². The van der Waals surface area contributed by atoms with E-state index in [1.54, 1.807) is 48.7 Å². The van der Waals surface area contributed by atoms with Gasteiger partial charge in [0, 0.05) is 36.5 Å². The summed E-state index contributed by atoms with van der Waals surface area (Å²) < 4.78 is 8.91.